The summed E-state index contributed by atoms with van der Waals surface area (Å²) in [5, 5.41) is 13.8. The Kier molecular flexibility index (Phi) is 2.77. The minimum atomic E-state index is -4.45. The number of nitro groups is 1. The second-order valence-electron chi connectivity index (χ2n) is 3.38. The van der Waals surface area contributed by atoms with Gasteiger partial charge in [0.25, 0.3) is 0 Å². The van der Waals surface area contributed by atoms with Gasteiger partial charge in [0.15, 0.2) is 11.4 Å². The minimum Gasteiger partial charge on any atom is -0.358 e. The van der Waals surface area contributed by atoms with E-state index in [0.717, 1.165) is 30.5 Å². The summed E-state index contributed by atoms with van der Waals surface area (Å²) in [5.74, 6) is -0.533. The Morgan fingerprint density at radius 1 is 1.22 bits per heavy atom. The lowest BCUT2D eigenvalue weighted by Gasteiger charge is -2.06. The molecule has 0 bridgehead atoms. The van der Waals surface area contributed by atoms with Crippen LogP contribution in [0, 0.1) is 10.1 Å². The number of alkyl halides is 3. The molecule has 0 amide bonds. The van der Waals surface area contributed by atoms with Crippen LogP contribution in [0.1, 0.15) is 5.56 Å². The van der Waals surface area contributed by atoms with Crippen molar-refractivity contribution in [3.8, 4) is 11.1 Å². The van der Waals surface area contributed by atoms with Crippen molar-refractivity contribution in [2.24, 2.45) is 0 Å². The third-order valence-electron chi connectivity index (χ3n) is 2.25. The van der Waals surface area contributed by atoms with Crippen LogP contribution < -0.4 is 0 Å². The minimum absolute atomic E-state index is 0.0359. The van der Waals surface area contributed by atoms with Crippen molar-refractivity contribution < 1.29 is 22.6 Å². The Labute approximate surface area is 98.0 Å². The van der Waals surface area contributed by atoms with Crippen LogP contribution in [-0.2, 0) is 6.18 Å². The van der Waals surface area contributed by atoms with Gasteiger partial charge in [0.1, 0.15) is 5.56 Å². The molecular weight excluding hydrogens is 253 g/mol. The molecule has 0 aliphatic heterocycles. The maximum Gasteiger partial charge on any atom is 0.421 e. The molecular formula is C10H5F3N2O3. The fraction of sp³-hybridized carbons (Fsp3) is 0.100. The summed E-state index contributed by atoms with van der Waals surface area (Å²) < 4.78 is 41.4. The summed E-state index contributed by atoms with van der Waals surface area (Å²) >= 11 is 0. The van der Waals surface area contributed by atoms with Gasteiger partial charge in [-0.3, -0.25) is 4.52 Å². The van der Waals surface area contributed by atoms with Gasteiger partial charge in [-0.2, -0.15) is 13.2 Å². The Hall–Kier alpha value is -2.38. The fourth-order valence-corrected chi connectivity index (χ4v) is 1.40. The van der Waals surface area contributed by atoms with E-state index >= 15 is 0 Å². The number of hydrogen-bond donors (Lipinski definition) is 0. The van der Waals surface area contributed by atoms with Crippen molar-refractivity contribution in [1.82, 2.24) is 5.16 Å². The predicted molar refractivity (Wildman–Crippen MR) is 53.6 cm³/mol. The molecule has 5 nitrogen and oxygen atoms in total. The van der Waals surface area contributed by atoms with Crippen molar-refractivity contribution in [3.05, 3.63) is 46.2 Å². The van der Waals surface area contributed by atoms with Crippen LogP contribution in [0.3, 0.4) is 0 Å². The highest BCUT2D eigenvalue weighted by atomic mass is 19.4. The average molecular weight is 258 g/mol. The second-order valence-corrected chi connectivity index (χ2v) is 3.38. The summed E-state index contributed by atoms with van der Waals surface area (Å²) in [4.78, 5) is 9.82. The zero-order valence-electron chi connectivity index (χ0n) is 8.64. The number of benzene rings is 1. The van der Waals surface area contributed by atoms with E-state index in [1.54, 1.807) is 0 Å². The zero-order chi connectivity index (χ0) is 13.3. The number of rotatable bonds is 2. The van der Waals surface area contributed by atoms with Gasteiger partial charge < -0.3 is 10.1 Å². The Balaban J connectivity index is 2.41. The maximum atomic E-state index is 12.3. The van der Waals surface area contributed by atoms with Gasteiger partial charge in [0, 0.05) is 0 Å². The molecule has 0 aliphatic rings. The van der Waals surface area contributed by atoms with Crippen molar-refractivity contribution in [2.75, 3.05) is 0 Å². The Morgan fingerprint density at radius 3 is 2.33 bits per heavy atom. The molecule has 94 valence electrons. The first-order chi connectivity index (χ1) is 8.39. The Morgan fingerprint density at radius 2 is 1.83 bits per heavy atom. The molecule has 0 N–H and O–H groups in total. The first-order valence-corrected chi connectivity index (χ1v) is 4.66. The molecule has 1 aromatic carbocycles. The molecule has 0 aliphatic carbocycles. The molecule has 0 spiro atoms. The number of hydrogen-bond acceptors (Lipinski definition) is 4. The van der Waals surface area contributed by atoms with Gasteiger partial charge in [0.05, 0.1) is 5.56 Å². The van der Waals surface area contributed by atoms with Gasteiger partial charge in [-0.15, -0.1) is 0 Å². The summed E-state index contributed by atoms with van der Waals surface area (Å²) in [6.07, 6.45) is -3.43. The van der Waals surface area contributed by atoms with Crippen molar-refractivity contribution in [3.63, 3.8) is 0 Å². The lowest BCUT2D eigenvalue weighted by Crippen LogP contribution is -2.04. The normalized spacial score (nSPS) is 11.5. The van der Waals surface area contributed by atoms with Gasteiger partial charge in [0.2, 0.25) is 0 Å². The fourth-order valence-electron chi connectivity index (χ4n) is 1.40. The Bertz CT molecular complexity index is 575. The topological polar surface area (TPSA) is 69.2 Å². The van der Waals surface area contributed by atoms with Gasteiger partial charge in [-0.05, 0) is 22.6 Å². The highest BCUT2D eigenvalue weighted by molar-refractivity contribution is 5.70. The van der Waals surface area contributed by atoms with Crippen LogP contribution >= 0.6 is 0 Å². The maximum absolute atomic E-state index is 12.3. The molecule has 0 saturated heterocycles. The van der Waals surface area contributed by atoms with Gasteiger partial charge in [-0.25, -0.2) is 0 Å². The molecule has 0 atom stereocenters. The molecule has 0 radical (unpaired) electrons. The smallest absolute Gasteiger partial charge is 0.358 e. The summed E-state index contributed by atoms with van der Waals surface area (Å²) in [6, 6.07) is 3.93. The van der Waals surface area contributed by atoms with E-state index in [2.05, 4.69) is 9.68 Å². The summed E-state index contributed by atoms with van der Waals surface area (Å²) in [5.41, 5.74) is -0.560. The average Bonchev–Trinajstić information content (AvgIpc) is 2.77. The largest absolute Gasteiger partial charge is 0.421 e. The van der Waals surface area contributed by atoms with E-state index in [4.69, 9.17) is 0 Å². The molecule has 2 rings (SSSR count). The van der Waals surface area contributed by atoms with Crippen LogP contribution in [0.25, 0.3) is 11.1 Å². The standard InChI is InChI=1S/C10H5F3N2O3/c11-10(12,13)7-3-1-6(2-4-7)8-5-18-14-9(8)15(16)17/h1-5H. The highest BCUT2D eigenvalue weighted by Gasteiger charge is 2.30. The molecule has 8 heteroatoms. The van der Waals surface area contributed by atoms with E-state index in [1.807, 2.05) is 0 Å². The first-order valence-electron chi connectivity index (χ1n) is 4.66. The van der Waals surface area contributed by atoms with Crippen LogP contribution in [0.4, 0.5) is 19.0 Å². The van der Waals surface area contributed by atoms with Crippen LogP contribution in [-0.4, -0.2) is 10.1 Å². The van der Waals surface area contributed by atoms with E-state index in [1.165, 1.54) is 0 Å². The molecule has 0 unspecified atom stereocenters. The third-order valence-corrected chi connectivity index (χ3v) is 2.25. The number of nitrogens with zero attached hydrogens (tertiary/aromatic N) is 2. The molecule has 1 aromatic heterocycles. The third kappa shape index (κ3) is 2.17. The molecule has 2 aromatic rings. The zero-order valence-corrected chi connectivity index (χ0v) is 8.64. The molecule has 0 saturated carbocycles. The summed E-state index contributed by atoms with van der Waals surface area (Å²) in [7, 11) is 0. The number of aromatic nitrogens is 1. The molecule has 1 heterocycles. The monoisotopic (exact) mass is 258 g/mol. The summed E-state index contributed by atoms with van der Waals surface area (Å²) in [6.45, 7) is 0. The van der Waals surface area contributed by atoms with Gasteiger partial charge >= 0.3 is 12.0 Å². The van der Waals surface area contributed by atoms with E-state index in [0.29, 0.717) is 0 Å². The van der Waals surface area contributed by atoms with Crippen LogP contribution in [0.2, 0.25) is 0 Å². The highest BCUT2D eigenvalue weighted by Crippen LogP contribution is 2.33. The number of halogens is 3. The van der Waals surface area contributed by atoms with E-state index in [9.17, 15) is 23.3 Å². The first kappa shape index (κ1) is 12.1. The van der Waals surface area contributed by atoms with Gasteiger partial charge in [-0.1, -0.05) is 12.1 Å². The lowest BCUT2D eigenvalue weighted by atomic mass is 10.1. The quantitative estimate of drug-likeness (QED) is 0.612. The SMILES string of the molecule is O=[N+]([O-])c1nocc1-c1ccc(C(F)(F)F)cc1. The lowest BCUT2D eigenvalue weighted by molar-refractivity contribution is -0.390. The van der Waals surface area contributed by atoms with Crippen molar-refractivity contribution in [1.29, 1.82) is 0 Å². The predicted octanol–water partition coefficient (Wildman–Crippen LogP) is 3.27. The van der Waals surface area contributed by atoms with Crippen molar-refractivity contribution in [2.45, 2.75) is 6.18 Å². The van der Waals surface area contributed by atoms with Crippen LogP contribution in [0.5, 0.6) is 0 Å². The van der Waals surface area contributed by atoms with E-state index in [-0.39, 0.29) is 11.1 Å². The van der Waals surface area contributed by atoms with Crippen LogP contribution in [0.15, 0.2) is 35.1 Å². The van der Waals surface area contributed by atoms with E-state index < -0.39 is 22.5 Å². The molecule has 18 heavy (non-hydrogen) atoms. The second kappa shape index (κ2) is 4.13. The molecule has 0 fully saturated rings. The van der Waals surface area contributed by atoms with Crippen molar-refractivity contribution >= 4 is 5.82 Å².